The maximum atomic E-state index is 14.0. The number of likely N-dealkylation sites (tertiary alicyclic amines) is 1. The van der Waals surface area contributed by atoms with Gasteiger partial charge in [-0.2, -0.15) is 0 Å². The summed E-state index contributed by atoms with van der Waals surface area (Å²) >= 11 is 0. The van der Waals surface area contributed by atoms with Gasteiger partial charge in [0.1, 0.15) is 11.4 Å². The highest BCUT2D eigenvalue weighted by atomic mass is 19.2. The molecule has 7 heteroatoms. The molecule has 2 heterocycles. The van der Waals surface area contributed by atoms with Gasteiger partial charge >= 0.3 is 0 Å². The third-order valence-electron chi connectivity index (χ3n) is 5.75. The molecule has 0 unspecified atom stereocenters. The molecule has 0 aromatic heterocycles. The summed E-state index contributed by atoms with van der Waals surface area (Å²) in [4.78, 5) is 26.7. The van der Waals surface area contributed by atoms with Crippen LogP contribution in [0.15, 0.2) is 24.3 Å². The number of carbonyl (C=O) groups is 2. The summed E-state index contributed by atoms with van der Waals surface area (Å²) in [5.41, 5.74) is 1.23. The van der Waals surface area contributed by atoms with Crippen LogP contribution in [0.2, 0.25) is 0 Å². The molecule has 29 heavy (non-hydrogen) atoms. The molecule has 4 rings (SSSR count). The Labute approximate surface area is 166 Å². The number of amides is 1. The first-order valence-electron chi connectivity index (χ1n) is 9.47. The summed E-state index contributed by atoms with van der Waals surface area (Å²) in [6.45, 7) is 4.27. The molecule has 1 amide bonds. The molecule has 0 aliphatic carbocycles. The molecule has 1 spiro atoms. The summed E-state index contributed by atoms with van der Waals surface area (Å²) in [5, 5.41) is 0. The molecular formula is C22H20F3NO3. The predicted molar refractivity (Wildman–Crippen MR) is 99.7 cm³/mol. The van der Waals surface area contributed by atoms with Crippen molar-refractivity contribution in [2.45, 2.75) is 38.7 Å². The maximum absolute atomic E-state index is 14.0. The minimum atomic E-state index is -1.66. The van der Waals surface area contributed by atoms with Crippen LogP contribution in [0.1, 0.15) is 51.1 Å². The van der Waals surface area contributed by atoms with Gasteiger partial charge in [0.25, 0.3) is 5.91 Å². The Kier molecular flexibility index (Phi) is 4.63. The lowest BCUT2D eigenvalue weighted by Crippen LogP contribution is -2.52. The molecule has 0 saturated carbocycles. The van der Waals surface area contributed by atoms with E-state index < -0.39 is 34.5 Å². The largest absolute Gasteiger partial charge is 0.486 e. The Morgan fingerprint density at radius 1 is 1.07 bits per heavy atom. The number of aryl methyl sites for hydroxylation is 2. The Balaban J connectivity index is 1.53. The number of ketones is 1. The number of hydrogen-bond acceptors (Lipinski definition) is 3. The SMILES string of the molecule is Cc1cc(C)c2c(c1)C(=O)CC1(CCN(C(=O)c3ccc(F)c(F)c3F)CC1)O2. The van der Waals surface area contributed by atoms with E-state index in [9.17, 15) is 22.8 Å². The fourth-order valence-corrected chi connectivity index (χ4v) is 4.19. The monoisotopic (exact) mass is 403 g/mol. The molecule has 0 bridgehead atoms. The highest BCUT2D eigenvalue weighted by molar-refractivity contribution is 6.01. The molecule has 2 aromatic rings. The van der Waals surface area contributed by atoms with Gasteiger partial charge in [-0.25, -0.2) is 13.2 Å². The molecule has 1 fully saturated rings. The van der Waals surface area contributed by atoms with Crippen molar-refractivity contribution in [1.29, 1.82) is 0 Å². The number of fused-ring (bicyclic) bond motifs is 1. The van der Waals surface area contributed by atoms with Gasteiger partial charge in [0.05, 0.1) is 17.5 Å². The average Bonchev–Trinajstić information content (AvgIpc) is 2.68. The number of piperidine rings is 1. The second kappa shape index (κ2) is 6.90. The van der Waals surface area contributed by atoms with E-state index in [2.05, 4.69) is 0 Å². The summed E-state index contributed by atoms with van der Waals surface area (Å²) in [6, 6.07) is 5.46. The second-order valence-electron chi connectivity index (χ2n) is 7.86. The van der Waals surface area contributed by atoms with Crippen molar-refractivity contribution in [3.05, 3.63) is 64.0 Å². The van der Waals surface area contributed by atoms with Crippen LogP contribution in [-0.2, 0) is 0 Å². The summed E-state index contributed by atoms with van der Waals surface area (Å²) < 4.78 is 46.9. The number of ether oxygens (including phenoxy) is 1. The van der Waals surface area contributed by atoms with Crippen molar-refractivity contribution in [3.8, 4) is 5.75 Å². The van der Waals surface area contributed by atoms with Crippen molar-refractivity contribution in [2.75, 3.05) is 13.1 Å². The molecule has 0 radical (unpaired) electrons. The molecule has 4 nitrogen and oxygen atoms in total. The number of carbonyl (C=O) groups excluding carboxylic acids is 2. The van der Waals surface area contributed by atoms with Gasteiger partial charge in [-0.05, 0) is 43.2 Å². The van der Waals surface area contributed by atoms with Crippen LogP contribution in [0.4, 0.5) is 13.2 Å². The lowest BCUT2D eigenvalue weighted by atomic mass is 9.81. The van der Waals surface area contributed by atoms with Crippen molar-refractivity contribution >= 4 is 11.7 Å². The summed E-state index contributed by atoms with van der Waals surface area (Å²) in [6.07, 6.45) is 0.996. The molecule has 2 aliphatic rings. The molecule has 2 aromatic carbocycles. The first kappa shape index (κ1) is 19.5. The standard InChI is InChI=1S/C22H20F3NO3/c1-12-9-13(2)20-15(10-12)17(27)11-22(29-20)5-7-26(8-6-22)21(28)14-3-4-16(23)19(25)18(14)24/h3-4,9-10H,5-8,11H2,1-2H3. The van der Waals surface area contributed by atoms with E-state index in [0.717, 1.165) is 23.3 Å². The summed E-state index contributed by atoms with van der Waals surface area (Å²) in [7, 11) is 0. The highest BCUT2D eigenvalue weighted by Gasteiger charge is 2.44. The van der Waals surface area contributed by atoms with Crippen LogP contribution >= 0.6 is 0 Å². The minimum absolute atomic E-state index is 0.00415. The highest BCUT2D eigenvalue weighted by Crippen LogP contribution is 2.41. The number of hydrogen-bond donors (Lipinski definition) is 0. The Bertz CT molecular complexity index is 1030. The zero-order valence-corrected chi connectivity index (χ0v) is 16.2. The Hall–Kier alpha value is -2.83. The lowest BCUT2D eigenvalue weighted by molar-refractivity contribution is -0.00630. The third kappa shape index (κ3) is 3.28. The molecule has 0 N–H and O–H groups in total. The zero-order chi connectivity index (χ0) is 20.9. The van der Waals surface area contributed by atoms with Crippen molar-refractivity contribution in [3.63, 3.8) is 0 Å². The van der Waals surface area contributed by atoms with Crippen LogP contribution in [0.3, 0.4) is 0 Å². The number of halogens is 3. The quantitative estimate of drug-likeness (QED) is 0.665. The molecule has 2 aliphatic heterocycles. The first-order valence-corrected chi connectivity index (χ1v) is 9.47. The van der Waals surface area contributed by atoms with Crippen molar-refractivity contribution in [2.24, 2.45) is 0 Å². The molecule has 152 valence electrons. The topological polar surface area (TPSA) is 46.6 Å². The van der Waals surface area contributed by atoms with E-state index in [-0.39, 0.29) is 25.3 Å². The van der Waals surface area contributed by atoms with Gasteiger partial charge < -0.3 is 9.64 Å². The van der Waals surface area contributed by atoms with E-state index in [1.165, 1.54) is 4.90 Å². The van der Waals surface area contributed by atoms with Crippen LogP contribution in [0.25, 0.3) is 0 Å². The maximum Gasteiger partial charge on any atom is 0.256 e. The number of benzene rings is 2. The van der Waals surface area contributed by atoms with Gasteiger partial charge in [0, 0.05) is 25.9 Å². The van der Waals surface area contributed by atoms with Crippen molar-refractivity contribution < 1.29 is 27.5 Å². The van der Waals surface area contributed by atoms with Crippen LogP contribution in [-0.4, -0.2) is 35.3 Å². The smallest absolute Gasteiger partial charge is 0.256 e. The van der Waals surface area contributed by atoms with E-state index >= 15 is 0 Å². The van der Waals surface area contributed by atoms with Gasteiger partial charge in [0.2, 0.25) is 0 Å². The van der Waals surface area contributed by atoms with E-state index in [4.69, 9.17) is 4.74 Å². The van der Waals surface area contributed by atoms with E-state index in [1.54, 1.807) is 0 Å². The van der Waals surface area contributed by atoms with Crippen LogP contribution in [0, 0.1) is 31.3 Å². The molecule has 1 saturated heterocycles. The van der Waals surface area contributed by atoms with E-state index in [0.29, 0.717) is 24.2 Å². The first-order chi connectivity index (χ1) is 13.7. The number of Topliss-reactive ketones (excluding diaryl/α,β-unsaturated/α-hetero) is 1. The third-order valence-corrected chi connectivity index (χ3v) is 5.75. The lowest BCUT2D eigenvalue weighted by Gasteiger charge is -2.44. The van der Waals surface area contributed by atoms with E-state index in [1.807, 2.05) is 26.0 Å². The summed E-state index contributed by atoms with van der Waals surface area (Å²) in [5.74, 6) is -4.60. The van der Waals surface area contributed by atoms with Gasteiger partial charge in [0.15, 0.2) is 23.2 Å². The fraction of sp³-hybridized carbons (Fsp3) is 0.364. The average molecular weight is 403 g/mol. The number of rotatable bonds is 1. The predicted octanol–water partition coefficient (Wildman–Crippen LogP) is 4.36. The Morgan fingerprint density at radius 3 is 2.45 bits per heavy atom. The van der Waals surface area contributed by atoms with Gasteiger partial charge in [-0.1, -0.05) is 6.07 Å². The van der Waals surface area contributed by atoms with Gasteiger partial charge in [-0.3, -0.25) is 9.59 Å². The molecule has 0 atom stereocenters. The minimum Gasteiger partial charge on any atom is -0.486 e. The zero-order valence-electron chi connectivity index (χ0n) is 16.2. The van der Waals surface area contributed by atoms with Crippen LogP contribution in [0.5, 0.6) is 5.75 Å². The molecular weight excluding hydrogens is 383 g/mol. The fourth-order valence-electron chi connectivity index (χ4n) is 4.19. The van der Waals surface area contributed by atoms with Gasteiger partial charge in [-0.15, -0.1) is 0 Å². The second-order valence-corrected chi connectivity index (χ2v) is 7.86. The number of nitrogens with zero attached hydrogens (tertiary/aromatic N) is 1. The van der Waals surface area contributed by atoms with Crippen LogP contribution < -0.4 is 4.74 Å². The van der Waals surface area contributed by atoms with Crippen molar-refractivity contribution in [1.82, 2.24) is 4.90 Å². The Morgan fingerprint density at radius 2 is 1.76 bits per heavy atom. The normalized spacial score (nSPS) is 17.8.